The molecule has 1 aromatic carbocycles. The highest BCUT2D eigenvalue weighted by Crippen LogP contribution is 2.22. The Morgan fingerprint density at radius 3 is 2.45 bits per heavy atom. The van der Waals surface area contributed by atoms with Crippen LogP contribution in [0.5, 0.6) is 0 Å². The Kier molecular flexibility index (Phi) is 4.41. The first-order chi connectivity index (χ1) is 9.20. The highest BCUT2D eigenvalue weighted by atomic mass is 35.5. The van der Waals surface area contributed by atoms with Crippen molar-refractivity contribution in [1.29, 1.82) is 0 Å². The fourth-order valence-electron chi connectivity index (χ4n) is 2.07. The summed E-state index contributed by atoms with van der Waals surface area (Å²) in [7, 11) is -7.04. The van der Waals surface area contributed by atoms with Gasteiger partial charge in [-0.15, -0.1) is 0 Å². The predicted octanol–water partition coefficient (Wildman–Crippen LogP) is 0.652. The van der Waals surface area contributed by atoms with Crippen LogP contribution < -0.4 is 4.72 Å². The van der Waals surface area contributed by atoms with Gasteiger partial charge < -0.3 is 0 Å². The Morgan fingerprint density at radius 1 is 1.25 bits per heavy atom. The molecule has 0 spiro atoms. The lowest BCUT2D eigenvalue weighted by atomic mass is 10.3. The first kappa shape index (κ1) is 15.7. The van der Waals surface area contributed by atoms with Crippen molar-refractivity contribution in [3.8, 4) is 0 Å². The predicted molar refractivity (Wildman–Crippen MR) is 76.6 cm³/mol. The first-order valence-electron chi connectivity index (χ1n) is 5.92. The Morgan fingerprint density at radius 2 is 1.90 bits per heavy atom. The molecule has 1 aromatic rings. The number of halogens is 1. The summed E-state index contributed by atoms with van der Waals surface area (Å²) in [5.74, 6) is 0. The molecule has 1 aliphatic rings. The minimum absolute atomic E-state index is 0.000489. The molecule has 2 rings (SSSR count). The van der Waals surface area contributed by atoms with Crippen LogP contribution in [-0.2, 0) is 20.0 Å². The second-order valence-corrected chi connectivity index (χ2v) is 8.73. The van der Waals surface area contributed by atoms with E-state index in [0.29, 0.717) is 13.0 Å². The lowest BCUT2D eigenvalue weighted by molar-refractivity contribution is 0.472. The third kappa shape index (κ3) is 3.50. The molecule has 1 heterocycles. The average molecular weight is 339 g/mol. The number of rotatable bonds is 4. The van der Waals surface area contributed by atoms with E-state index in [2.05, 4.69) is 4.72 Å². The van der Waals surface area contributed by atoms with Gasteiger partial charge in [0.2, 0.25) is 20.0 Å². The molecule has 1 saturated heterocycles. The molecule has 0 radical (unpaired) electrons. The van der Waals surface area contributed by atoms with Gasteiger partial charge in [-0.2, -0.15) is 0 Å². The SMILES string of the molecule is CS(=O)(=O)N1CCC(NS(=O)(=O)c2ccccc2Cl)C1. The fourth-order valence-corrected chi connectivity index (χ4v) is 4.74. The summed E-state index contributed by atoms with van der Waals surface area (Å²) in [5, 5.41) is 0.137. The van der Waals surface area contributed by atoms with Crippen LogP contribution in [-0.4, -0.2) is 46.5 Å². The summed E-state index contributed by atoms with van der Waals surface area (Å²) >= 11 is 5.87. The van der Waals surface area contributed by atoms with Gasteiger partial charge in [0, 0.05) is 19.1 Å². The first-order valence-corrected chi connectivity index (χ1v) is 9.63. The standard InChI is InChI=1S/C11H15ClN2O4S2/c1-19(15,16)14-7-6-9(8-14)13-20(17,18)11-5-3-2-4-10(11)12/h2-5,9,13H,6-8H2,1H3. The Balaban J connectivity index is 2.14. The van der Waals surface area contributed by atoms with Gasteiger partial charge in [0.15, 0.2) is 0 Å². The molecule has 0 amide bonds. The second kappa shape index (κ2) is 5.61. The van der Waals surface area contributed by atoms with E-state index in [1.807, 2.05) is 0 Å². The number of nitrogens with one attached hydrogen (secondary N) is 1. The van der Waals surface area contributed by atoms with E-state index in [1.54, 1.807) is 12.1 Å². The minimum atomic E-state index is -3.75. The van der Waals surface area contributed by atoms with E-state index < -0.39 is 26.1 Å². The quantitative estimate of drug-likeness (QED) is 0.873. The highest BCUT2D eigenvalue weighted by Gasteiger charge is 2.32. The van der Waals surface area contributed by atoms with Gasteiger partial charge in [0.05, 0.1) is 11.3 Å². The zero-order valence-corrected chi connectivity index (χ0v) is 13.2. The second-order valence-electron chi connectivity index (χ2n) is 4.66. The Labute approximate surface area is 123 Å². The van der Waals surface area contributed by atoms with E-state index in [4.69, 9.17) is 11.6 Å². The molecule has 1 N–H and O–H groups in total. The summed E-state index contributed by atoms with van der Waals surface area (Å²) < 4.78 is 50.9. The van der Waals surface area contributed by atoms with E-state index in [0.717, 1.165) is 6.26 Å². The van der Waals surface area contributed by atoms with Gasteiger partial charge >= 0.3 is 0 Å². The molecule has 1 fully saturated rings. The Bertz CT molecular complexity index is 703. The summed E-state index contributed by atoms with van der Waals surface area (Å²) in [4.78, 5) is -0.000489. The van der Waals surface area contributed by atoms with Crippen LogP contribution >= 0.6 is 11.6 Å². The van der Waals surface area contributed by atoms with Gasteiger partial charge in [-0.3, -0.25) is 0 Å². The molecular formula is C11H15ClN2O4S2. The fraction of sp³-hybridized carbons (Fsp3) is 0.455. The topological polar surface area (TPSA) is 83.6 Å². The molecule has 112 valence electrons. The maximum atomic E-state index is 12.2. The van der Waals surface area contributed by atoms with Crippen molar-refractivity contribution in [2.24, 2.45) is 0 Å². The normalized spacial score (nSPS) is 21.2. The van der Waals surface area contributed by atoms with Crippen LogP contribution in [0.15, 0.2) is 29.2 Å². The minimum Gasteiger partial charge on any atom is -0.213 e. The van der Waals surface area contributed by atoms with E-state index in [1.165, 1.54) is 16.4 Å². The summed E-state index contributed by atoms with van der Waals surface area (Å²) in [5.41, 5.74) is 0. The van der Waals surface area contributed by atoms with E-state index >= 15 is 0 Å². The van der Waals surface area contributed by atoms with E-state index in [-0.39, 0.29) is 16.5 Å². The van der Waals surface area contributed by atoms with Crippen LogP contribution in [0.4, 0.5) is 0 Å². The van der Waals surface area contributed by atoms with Crippen molar-refractivity contribution in [2.75, 3.05) is 19.3 Å². The average Bonchev–Trinajstić information content (AvgIpc) is 2.76. The number of benzene rings is 1. The largest absolute Gasteiger partial charge is 0.242 e. The number of hydrogen-bond acceptors (Lipinski definition) is 4. The summed E-state index contributed by atoms with van der Waals surface area (Å²) in [6.45, 7) is 0.455. The molecule has 0 aromatic heterocycles. The van der Waals surface area contributed by atoms with Crippen molar-refractivity contribution < 1.29 is 16.8 Å². The monoisotopic (exact) mass is 338 g/mol. The number of sulfonamides is 2. The third-order valence-corrected chi connectivity index (χ3v) is 6.36. The van der Waals surface area contributed by atoms with Crippen LogP contribution in [0.25, 0.3) is 0 Å². The summed E-state index contributed by atoms with van der Waals surface area (Å²) in [6.07, 6.45) is 1.55. The highest BCUT2D eigenvalue weighted by molar-refractivity contribution is 7.89. The third-order valence-electron chi connectivity index (χ3n) is 3.07. The molecule has 1 aliphatic heterocycles. The zero-order chi connectivity index (χ0) is 15.0. The Hall–Kier alpha value is -0.670. The van der Waals surface area contributed by atoms with Crippen LogP contribution in [0.3, 0.4) is 0 Å². The molecule has 6 nitrogen and oxygen atoms in total. The molecular weight excluding hydrogens is 324 g/mol. The van der Waals surface area contributed by atoms with Crippen LogP contribution in [0.2, 0.25) is 5.02 Å². The maximum absolute atomic E-state index is 12.2. The molecule has 0 bridgehead atoms. The smallest absolute Gasteiger partial charge is 0.213 e. The van der Waals surface area contributed by atoms with E-state index in [9.17, 15) is 16.8 Å². The molecule has 20 heavy (non-hydrogen) atoms. The summed E-state index contributed by atoms with van der Waals surface area (Å²) in [6, 6.07) is 5.69. The lowest BCUT2D eigenvalue weighted by Gasteiger charge is -2.15. The molecule has 9 heteroatoms. The van der Waals surface area contributed by atoms with Gasteiger partial charge in [-0.25, -0.2) is 25.9 Å². The molecule has 0 saturated carbocycles. The molecule has 1 atom stereocenters. The zero-order valence-electron chi connectivity index (χ0n) is 10.8. The molecule has 1 unspecified atom stereocenters. The van der Waals surface area contributed by atoms with Gasteiger partial charge in [-0.05, 0) is 18.6 Å². The van der Waals surface area contributed by atoms with Crippen molar-refractivity contribution in [3.63, 3.8) is 0 Å². The van der Waals surface area contributed by atoms with Crippen LogP contribution in [0.1, 0.15) is 6.42 Å². The van der Waals surface area contributed by atoms with Crippen LogP contribution in [0, 0.1) is 0 Å². The van der Waals surface area contributed by atoms with Gasteiger partial charge in [-0.1, -0.05) is 23.7 Å². The van der Waals surface area contributed by atoms with Gasteiger partial charge in [0.25, 0.3) is 0 Å². The van der Waals surface area contributed by atoms with Crippen molar-refractivity contribution in [2.45, 2.75) is 17.4 Å². The number of hydrogen-bond donors (Lipinski definition) is 1. The molecule has 0 aliphatic carbocycles. The lowest BCUT2D eigenvalue weighted by Crippen LogP contribution is -2.38. The van der Waals surface area contributed by atoms with Gasteiger partial charge in [0.1, 0.15) is 4.90 Å². The van der Waals surface area contributed by atoms with Crippen molar-refractivity contribution in [3.05, 3.63) is 29.3 Å². The van der Waals surface area contributed by atoms with Crippen molar-refractivity contribution in [1.82, 2.24) is 9.03 Å². The number of nitrogens with zero attached hydrogens (tertiary/aromatic N) is 1. The maximum Gasteiger partial charge on any atom is 0.242 e. The van der Waals surface area contributed by atoms with Crippen molar-refractivity contribution >= 4 is 31.6 Å².